The van der Waals surface area contributed by atoms with E-state index in [0.717, 1.165) is 34.1 Å². The summed E-state index contributed by atoms with van der Waals surface area (Å²) in [5, 5.41) is 3.53. The molecule has 0 fully saturated rings. The Morgan fingerprint density at radius 3 is 2.46 bits per heavy atom. The van der Waals surface area contributed by atoms with Crippen LogP contribution in [0.5, 0.6) is 17.2 Å². The van der Waals surface area contributed by atoms with Crippen molar-refractivity contribution in [1.82, 2.24) is 9.38 Å². The number of fused-ring (bicyclic) bond motifs is 1. The molecule has 0 saturated carbocycles. The number of thiazole rings is 1. The third-order valence-corrected chi connectivity index (χ3v) is 6.64. The lowest BCUT2D eigenvalue weighted by Crippen LogP contribution is -2.07. The van der Waals surface area contributed by atoms with Crippen LogP contribution in [0.1, 0.15) is 34.8 Å². The molecule has 0 aliphatic rings. The molecule has 0 unspecified atom stereocenters. The highest BCUT2D eigenvalue weighted by Crippen LogP contribution is 2.38. The predicted octanol–water partition coefficient (Wildman–Crippen LogP) is 5.58. The van der Waals surface area contributed by atoms with Crippen LogP contribution in [0.4, 0.5) is 5.82 Å². The van der Waals surface area contributed by atoms with Crippen LogP contribution in [-0.2, 0) is 11.3 Å². The molecule has 0 saturated heterocycles. The molecule has 2 aromatic heterocycles. The number of carbonyl (C=O) groups is 1. The molecule has 35 heavy (non-hydrogen) atoms. The number of imidazole rings is 1. The van der Waals surface area contributed by atoms with E-state index in [4.69, 9.17) is 23.9 Å². The summed E-state index contributed by atoms with van der Waals surface area (Å²) in [5.74, 6) is 2.55. The minimum Gasteiger partial charge on any atom is -0.497 e. The van der Waals surface area contributed by atoms with Crippen LogP contribution in [0.2, 0.25) is 0 Å². The minimum absolute atomic E-state index is 0.318. The van der Waals surface area contributed by atoms with Crippen LogP contribution in [0, 0.1) is 6.92 Å². The van der Waals surface area contributed by atoms with Crippen LogP contribution in [0.3, 0.4) is 0 Å². The van der Waals surface area contributed by atoms with E-state index in [1.807, 2.05) is 60.7 Å². The molecular formula is C26H29N3O5S. The average Bonchev–Trinajstić information content (AvgIpc) is 3.40. The number of hydrogen-bond donors (Lipinski definition) is 1. The third-order valence-electron chi connectivity index (χ3n) is 5.52. The standard InChI is InChI=1S/C26H29N3O5S/c1-6-33-20-13-10-18(14-21(20)32-5)22-24(27-15-17-8-11-19(31-4)12-9-17)29-16(3)23(25(30)34-7-2)35-26(29)28-22/h8-14,27H,6-7,15H2,1-5H3. The highest BCUT2D eigenvalue weighted by atomic mass is 32.1. The smallest absolute Gasteiger partial charge is 0.350 e. The van der Waals surface area contributed by atoms with Gasteiger partial charge in [0, 0.05) is 17.8 Å². The van der Waals surface area contributed by atoms with E-state index in [9.17, 15) is 4.79 Å². The Balaban J connectivity index is 1.79. The number of nitrogens with zero attached hydrogens (tertiary/aromatic N) is 2. The molecule has 0 radical (unpaired) electrons. The number of ether oxygens (including phenoxy) is 4. The zero-order valence-corrected chi connectivity index (χ0v) is 21.3. The fraction of sp³-hybridized carbons (Fsp3) is 0.308. The van der Waals surface area contributed by atoms with E-state index >= 15 is 0 Å². The van der Waals surface area contributed by atoms with Gasteiger partial charge in [-0.2, -0.15) is 0 Å². The summed E-state index contributed by atoms with van der Waals surface area (Å²) in [7, 11) is 3.26. The number of methoxy groups -OCH3 is 2. The van der Waals surface area contributed by atoms with Crippen molar-refractivity contribution >= 4 is 28.1 Å². The SMILES string of the molecule is CCOC(=O)c1sc2nc(-c3ccc(OCC)c(OC)c3)c(NCc3ccc(OC)cc3)n2c1C. The van der Waals surface area contributed by atoms with Gasteiger partial charge in [-0.25, -0.2) is 9.78 Å². The summed E-state index contributed by atoms with van der Waals surface area (Å²) in [5.41, 5.74) is 3.48. The molecule has 4 aromatic rings. The summed E-state index contributed by atoms with van der Waals surface area (Å²) >= 11 is 1.31. The molecule has 0 aliphatic carbocycles. The lowest BCUT2D eigenvalue weighted by molar-refractivity contribution is 0.0531. The first-order valence-corrected chi connectivity index (χ1v) is 12.2. The Kier molecular flexibility index (Phi) is 7.45. The third kappa shape index (κ3) is 4.90. The lowest BCUT2D eigenvalue weighted by atomic mass is 10.1. The van der Waals surface area contributed by atoms with Crippen molar-refractivity contribution < 1.29 is 23.7 Å². The molecule has 9 heteroatoms. The Hall–Kier alpha value is -3.72. The lowest BCUT2D eigenvalue weighted by Gasteiger charge is -2.13. The van der Waals surface area contributed by atoms with Gasteiger partial charge in [-0.05, 0) is 56.7 Å². The summed E-state index contributed by atoms with van der Waals surface area (Å²) in [6.07, 6.45) is 0. The maximum atomic E-state index is 12.5. The number of nitrogens with one attached hydrogen (secondary N) is 1. The van der Waals surface area contributed by atoms with E-state index in [1.54, 1.807) is 21.1 Å². The number of carbonyl (C=O) groups excluding carboxylic acids is 1. The largest absolute Gasteiger partial charge is 0.497 e. The van der Waals surface area contributed by atoms with E-state index in [-0.39, 0.29) is 5.97 Å². The first kappa shape index (κ1) is 24.4. The van der Waals surface area contributed by atoms with Crippen molar-refractivity contribution in [2.24, 2.45) is 0 Å². The van der Waals surface area contributed by atoms with Gasteiger partial charge in [-0.3, -0.25) is 4.40 Å². The fourth-order valence-electron chi connectivity index (χ4n) is 3.82. The van der Waals surface area contributed by atoms with Crippen molar-refractivity contribution in [2.45, 2.75) is 27.3 Å². The second-order valence-corrected chi connectivity index (χ2v) is 8.64. The molecule has 0 bridgehead atoms. The molecular weight excluding hydrogens is 466 g/mol. The first-order chi connectivity index (χ1) is 17.0. The number of esters is 1. The van der Waals surface area contributed by atoms with Crippen molar-refractivity contribution in [1.29, 1.82) is 0 Å². The molecule has 0 amide bonds. The number of benzene rings is 2. The molecule has 4 rings (SSSR count). The predicted molar refractivity (Wildman–Crippen MR) is 137 cm³/mol. The van der Waals surface area contributed by atoms with Crippen LogP contribution in [0.25, 0.3) is 16.2 Å². The van der Waals surface area contributed by atoms with Crippen molar-refractivity contribution in [3.05, 3.63) is 58.6 Å². The summed E-state index contributed by atoms with van der Waals surface area (Å²) in [6.45, 7) is 7.05. The molecule has 8 nitrogen and oxygen atoms in total. The maximum Gasteiger partial charge on any atom is 0.350 e. The van der Waals surface area contributed by atoms with Crippen molar-refractivity contribution in [2.75, 3.05) is 32.8 Å². The highest BCUT2D eigenvalue weighted by Gasteiger charge is 2.24. The number of aromatic nitrogens is 2. The minimum atomic E-state index is -0.342. The van der Waals surface area contributed by atoms with Crippen LogP contribution < -0.4 is 19.5 Å². The quantitative estimate of drug-likeness (QED) is 0.288. The van der Waals surface area contributed by atoms with E-state index in [0.29, 0.717) is 41.1 Å². The Morgan fingerprint density at radius 2 is 1.80 bits per heavy atom. The van der Waals surface area contributed by atoms with Crippen LogP contribution >= 0.6 is 11.3 Å². The van der Waals surface area contributed by atoms with Gasteiger partial charge in [-0.1, -0.05) is 23.5 Å². The summed E-state index contributed by atoms with van der Waals surface area (Å²) in [4.78, 5) is 18.6. The Morgan fingerprint density at radius 1 is 1.03 bits per heavy atom. The normalized spacial score (nSPS) is 10.9. The first-order valence-electron chi connectivity index (χ1n) is 11.4. The van der Waals surface area contributed by atoms with E-state index < -0.39 is 0 Å². The van der Waals surface area contributed by atoms with Crippen molar-refractivity contribution in [3.63, 3.8) is 0 Å². The molecule has 0 spiro atoms. The van der Waals surface area contributed by atoms with Crippen LogP contribution in [0.15, 0.2) is 42.5 Å². The molecule has 2 aromatic carbocycles. The maximum absolute atomic E-state index is 12.5. The number of hydrogen-bond acceptors (Lipinski definition) is 8. The van der Waals surface area contributed by atoms with Gasteiger partial charge in [0.05, 0.1) is 27.4 Å². The zero-order valence-electron chi connectivity index (χ0n) is 20.5. The van der Waals surface area contributed by atoms with Gasteiger partial charge in [0.2, 0.25) is 0 Å². The second kappa shape index (κ2) is 10.7. The summed E-state index contributed by atoms with van der Waals surface area (Å²) in [6, 6.07) is 13.6. The molecule has 0 atom stereocenters. The molecule has 2 heterocycles. The van der Waals surface area contributed by atoms with Gasteiger partial charge < -0.3 is 24.3 Å². The van der Waals surface area contributed by atoms with Crippen molar-refractivity contribution in [3.8, 4) is 28.5 Å². The van der Waals surface area contributed by atoms with Gasteiger partial charge in [0.25, 0.3) is 0 Å². The van der Waals surface area contributed by atoms with Gasteiger partial charge >= 0.3 is 5.97 Å². The van der Waals surface area contributed by atoms with E-state index in [1.165, 1.54) is 11.3 Å². The van der Waals surface area contributed by atoms with E-state index in [2.05, 4.69) is 5.32 Å². The van der Waals surface area contributed by atoms with Gasteiger partial charge in [0.1, 0.15) is 22.1 Å². The Bertz CT molecular complexity index is 1330. The average molecular weight is 496 g/mol. The number of aryl methyl sites for hydroxylation is 1. The zero-order chi connectivity index (χ0) is 24.9. The van der Waals surface area contributed by atoms with Gasteiger partial charge in [-0.15, -0.1) is 0 Å². The Labute approximate surface area is 208 Å². The fourth-order valence-corrected chi connectivity index (χ4v) is 4.84. The second-order valence-electron chi connectivity index (χ2n) is 7.66. The van der Waals surface area contributed by atoms with Gasteiger partial charge in [0.15, 0.2) is 16.5 Å². The van der Waals surface area contributed by atoms with Crippen LogP contribution in [-0.4, -0.2) is 42.8 Å². The number of anilines is 1. The summed E-state index contributed by atoms with van der Waals surface area (Å²) < 4.78 is 23.7. The monoisotopic (exact) mass is 495 g/mol. The molecule has 184 valence electrons. The highest BCUT2D eigenvalue weighted by molar-refractivity contribution is 7.19. The molecule has 1 N–H and O–H groups in total. The molecule has 0 aliphatic heterocycles. The number of rotatable bonds is 10. The topological polar surface area (TPSA) is 83.3 Å².